The molecule has 0 heterocycles. The Kier molecular flexibility index (Phi) is 6.78. The van der Waals surface area contributed by atoms with Gasteiger partial charge in [0, 0.05) is 5.92 Å². The van der Waals surface area contributed by atoms with Crippen molar-refractivity contribution in [3.8, 4) is 0 Å². The van der Waals surface area contributed by atoms with Gasteiger partial charge in [0.05, 0.1) is 13.2 Å². The minimum atomic E-state index is -1.11. The van der Waals surface area contributed by atoms with Crippen LogP contribution in [0.25, 0.3) is 0 Å². The number of Topliss-reactive ketones (excluding diaryl/α,β-unsaturated/α-hetero) is 1. The topological polar surface area (TPSA) is 72.8 Å². The summed E-state index contributed by atoms with van der Waals surface area (Å²) in [6, 6.07) is 9.66. The minimum Gasteiger partial charge on any atom is -0.481 e. The Labute approximate surface area is 112 Å². The summed E-state index contributed by atoms with van der Waals surface area (Å²) in [6.07, 6.45) is -0.463. The molecule has 104 valence electrons. The molecule has 5 heteroatoms. The Balaban J connectivity index is 2.10. The molecule has 19 heavy (non-hydrogen) atoms. The average molecular weight is 266 g/mol. The van der Waals surface area contributed by atoms with E-state index in [0.717, 1.165) is 5.56 Å². The molecule has 1 N–H and O–H groups in total. The van der Waals surface area contributed by atoms with Crippen LogP contribution in [0, 0.1) is 5.92 Å². The number of carbonyl (C=O) groups is 2. The van der Waals surface area contributed by atoms with Crippen molar-refractivity contribution < 1.29 is 24.2 Å². The molecular formula is C14H18O5. The Morgan fingerprint density at radius 1 is 1.21 bits per heavy atom. The monoisotopic (exact) mass is 266 g/mol. The normalized spacial score (nSPS) is 12.1. The minimum absolute atomic E-state index is 0.0829. The van der Waals surface area contributed by atoms with Gasteiger partial charge in [0.15, 0.2) is 0 Å². The van der Waals surface area contributed by atoms with Crippen LogP contribution in [-0.4, -0.2) is 30.3 Å². The predicted molar refractivity (Wildman–Crippen MR) is 68.5 cm³/mol. The van der Waals surface area contributed by atoms with E-state index in [9.17, 15) is 9.59 Å². The van der Waals surface area contributed by atoms with Gasteiger partial charge in [0.25, 0.3) is 0 Å². The van der Waals surface area contributed by atoms with Crippen LogP contribution in [0.1, 0.15) is 18.9 Å². The van der Waals surface area contributed by atoms with Crippen LogP contribution in [0.4, 0.5) is 0 Å². The smallest absolute Gasteiger partial charge is 0.310 e. The lowest BCUT2D eigenvalue weighted by Gasteiger charge is -2.10. The Bertz CT molecular complexity index is 402. The second-order valence-electron chi connectivity index (χ2n) is 4.26. The predicted octanol–water partition coefficient (Wildman–Crippen LogP) is 1.86. The highest BCUT2D eigenvalue weighted by Gasteiger charge is 2.16. The van der Waals surface area contributed by atoms with Crippen LogP contribution in [0.5, 0.6) is 0 Å². The van der Waals surface area contributed by atoms with Crippen LogP contribution >= 0.6 is 0 Å². The first-order valence-electron chi connectivity index (χ1n) is 6.03. The maximum absolute atomic E-state index is 11.3. The fourth-order valence-electron chi connectivity index (χ4n) is 1.43. The standard InChI is InChI=1S/C14H18O5/c1-11(13(15)7-14(16)17)8-18-10-19-9-12-5-3-2-4-6-12/h2-6,11H,7-10H2,1H3,(H,16,17)/t11-/m0/s1. The maximum atomic E-state index is 11.3. The Morgan fingerprint density at radius 2 is 1.89 bits per heavy atom. The highest BCUT2D eigenvalue weighted by Crippen LogP contribution is 2.03. The van der Waals surface area contributed by atoms with Gasteiger partial charge in [0.2, 0.25) is 0 Å². The molecular weight excluding hydrogens is 248 g/mol. The van der Waals surface area contributed by atoms with E-state index in [2.05, 4.69) is 0 Å². The summed E-state index contributed by atoms with van der Waals surface area (Å²) in [5.41, 5.74) is 1.04. The lowest BCUT2D eigenvalue weighted by atomic mass is 10.1. The number of hydrogen-bond acceptors (Lipinski definition) is 4. The third-order valence-electron chi connectivity index (χ3n) is 2.52. The first-order chi connectivity index (χ1) is 9.09. The Morgan fingerprint density at radius 3 is 2.53 bits per heavy atom. The van der Waals surface area contributed by atoms with Gasteiger partial charge < -0.3 is 14.6 Å². The van der Waals surface area contributed by atoms with Crippen molar-refractivity contribution in [1.29, 1.82) is 0 Å². The quantitative estimate of drug-likeness (QED) is 0.419. The zero-order valence-corrected chi connectivity index (χ0v) is 10.9. The lowest BCUT2D eigenvalue weighted by molar-refractivity contribution is -0.142. The third kappa shape index (κ3) is 6.69. The highest BCUT2D eigenvalue weighted by molar-refractivity contribution is 5.95. The van der Waals surface area contributed by atoms with Crippen molar-refractivity contribution in [3.05, 3.63) is 35.9 Å². The molecule has 0 saturated heterocycles. The first kappa shape index (κ1) is 15.3. The number of ketones is 1. The number of carbonyl (C=O) groups excluding carboxylic acids is 1. The van der Waals surface area contributed by atoms with Gasteiger partial charge in [-0.05, 0) is 5.56 Å². The number of benzene rings is 1. The highest BCUT2D eigenvalue weighted by atomic mass is 16.7. The summed E-state index contributed by atoms with van der Waals surface area (Å²) in [5.74, 6) is -1.89. The van der Waals surface area contributed by atoms with E-state index in [-0.39, 0.29) is 19.2 Å². The van der Waals surface area contributed by atoms with E-state index in [1.54, 1.807) is 6.92 Å². The lowest BCUT2D eigenvalue weighted by Crippen LogP contribution is -2.20. The number of hydrogen-bond donors (Lipinski definition) is 1. The van der Waals surface area contributed by atoms with E-state index in [1.807, 2.05) is 30.3 Å². The zero-order chi connectivity index (χ0) is 14.1. The second-order valence-corrected chi connectivity index (χ2v) is 4.26. The summed E-state index contributed by atoms with van der Waals surface area (Å²) in [5, 5.41) is 8.48. The van der Waals surface area contributed by atoms with E-state index < -0.39 is 18.3 Å². The summed E-state index contributed by atoms with van der Waals surface area (Å²) in [7, 11) is 0. The Hall–Kier alpha value is -1.72. The van der Waals surface area contributed by atoms with Gasteiger partial charge in [-0.2, -0.15) is 0 Å². The first-order valence-corrected chi connectivity index (χ1v) is 6.03. The van der Waals surface area contributed by atoms with Gasteiger partial charge in [0.1, 0.15) is 19.0 Å². The van der Waals surface area contributed by atoms with Crippen molar-refractivity contribution in [3.63, 3.8) is 0 Å². The SMILES string of the molecule is C[C@@H](COCOCc1ccccc1)C(=O)CC(=O)O. The van der Waals surface area contributed by atoms with Gasteiger partial charge >= 0.3 is 5.97 Å². The van der Waals surface area contributed by atoms with E-state index in [1.165, 1.54) is 0 Å². The maximum Gasteiger partial charge on any atom is 0.310 e. The van der Waals surface area contributed by atoms with Crippen molar-refractivity contribution >= 4 is 11.8 Å². The molecule has 1 aromatic rings. The van der Waals surface area contributed by atoms with Crippen LogP contribution in [-0.2, 0) is 25.7 Å². The van der Waals surface area contributed by atoms with Crippen molar-refractivity contribution in [1.82, 2.24) is 0 Å². The fourth-order valence-corrected chi connectivity index (χ4v) is 1.43. The van der Waals surface area contributed by atoms with Crippen molar-refractivity contribution in [2.45, 2.75) is 20.0 Å². The fraction of sp³-hybridized carbons (Fsp3) is 0.429. The van der Waals surface area contributed by atoms with Crippen molar-refractivity contribution in [2.75, 3.05) is 13.4 Å². The molecule has 0 aliphatic heterocycles. The van der Waals surface area contributed by atoms with E-state index in [0.29, 0.717) is 6.61 Å². The van der Waals surface area contributed by atoms with Gasteiger partial charge in [-0.3, -0.25) is 9.59 Å². The molecule has 0 aliphatic rings. The molecule has 0 amide bonds. The summed E-state index contributed by atoms with van der Waals surface area (Å²) in [4.78, 5) is 21.7. The van der Waals surface area contributed by atoms with Crippen LogP contribution in [0.3, 0.4) is 0 Å². The third-order valence-corrected chi connectivity index (χ3v) is 2.52. The molecule has 0 bridgehead atoms. The molecule has 0 aromatic heterocycles. The van der Waals surface area contributed by atoms with Crippen LogP contribution in [0.2, 0.25) is 0 Å². The van der Waals surface area contributed by atoms with Crippen molar-refractivity contribution in [2.24, 2.45) is 5.92 Å². The number of aliphatic carboxylic acids is 1. The summed E-state index contributed by atoms with van der Waals surface area (Å²) >= 11 is 0. The molecule has 0 saturated carbocycles. The van der Waals surface area contributed by atoms with Gasteiger partial charge in [-0.25, -0.2) is 0 Å². The zero-order valence-electron chi connectivity index (χ0n) is 10.9. The van der Waals surface area contributed by atoms with E-state index >= 15 is 0 Å². The summed E-state index contributed by atoms with van der Waals surface area (Å²) < 4.78 is 10.5. The molecule has 0 spiro atoms. The molecule has 1 rings (SSSR count). The van der Waals surface area contributed by atoms with Gasteiger partial charge in [-0.15, -0.1) is 0 Å². The molecule has 0 aliphatic carbocycles. The van der Waals surface area contributed by atoms with E-state index in [4.69, 9.17) is 14.6 Å². The molecule has 0 radical (unpaired) electrons. The van der Waals surface area contributed by atoms with Crippen LogP contribution in [0.15, 0.2) is 30.3 Å². The molecule has 0 fully saturated rings. The number of carboxylic acid groups (broad SMARTS) is 1. The number of ether oxygens (including phenoxy) is 2. The average Bonchev–Trinajstić information content (AvgIpc) is 2.38. The van der Waals surface area contributed by atoms with Crippen LogP contribution < -0.4 is 0 Å². The molecule has 5 nitrogen and oxygen atoms in total. The summed E-state index contributed by atoms with van der Waals surface area (Å²) in [6.45, 7) is 2.33. The molecule has 1 aromatic carbocycles. The number of rotatable bonds is 9. The largest absolute Gasteiger partial charge is 0.481 e. The molecule has 0 unspecified atom stereocenters. The number of carboxylic acids is 1. The molecule has 1 atom stereocenters. The second kappa shape index (κ2) is 8.39. The van der Waals surface area contributed by atoms with Gasteiger partial charge in [-0.1, -0.05) is 37.3 Å².